The van der Waals surface area contributed by atoms with Gasteiger partial charge in [0, 0.05) is 37.2 Å². The summed E-state index contributed by atoms with van der Waals surface area (Å²) in [6, 6.07) is 5.34. The monoisotopic (exact) mass is 456 g/mol. The van der Waals surface area contributed by atoms with Gasteiger partial charge in [0.2, 0.25) is 5.95 Å². The molecule has 3 aromatic rings. The fourth-order valence-corrected chi connectivity index (χ4v) is 4.54. The van der Waals surface area contributed by atoms with Crippen molar-refractivity contribution < 1.29 is 19.1 Å². The van der Waals surface area contributed by atoms with E-state index < -0.39 is 5.97 Å². The highest BCUT2D eigenvalue weighted by molar-refractivity contribution is 7.13. The van der Waals surface area contributed by atoms with Crippen LogP contribution >= 0.6 is 11.3 Å². The van der Waals surface area contributed by atoms with Gasteiger partial charge in [0.15, 0.2) is 0 Å². The molecule has 3 heterocycles. The molecule has 0 aliphatic carbocycles. The van der Waals surface area contributed by atoms with Gasteiger partial charge in [-0.3, -0.25) is 0 Å². The van der Waals surface area contributed by atoms with Gasteiger partial charge in [-0.05, 0) is 30.7 Å². The van der Waals surface area contributed by atoms with Crippen molar-refractivity contribution in [2.45, 2.75) is 6.92 Å². The van der Waals surface area contributed by atoms with Crippen LogP contribution in [0.5, 0.6) is 5.75 Å². The summed E-state index contributed by atoms with van der Waals surface area (Å²) in [4.78, 5) is 37.8. The summed E-state index contributed by atoms with van der Waals surface area (Å²) in [6.45, 7) is 3.98. The van der Waals surface area contributed by atoms with Crippen molar-refractivity contribution in [3.63, 3.8) is 0 Å². The predicted molar refractivity (Wildman–Crippen MR) is 124 cm³/mol. The molecule has 3 N–H and O–H groups in total. The maximum Gasteiger partial charge on any atom is 0.348 e. The van der Waals surface area contributed by atoms with E-state index in [1.165, 1.54) is 18.4 Å². The van der Waals surface area contributed by atoms with Crippen LogP contribution in [0.15, 0.2) is 23.6 Å². The van der Waals surface area contributed by atoms with Crippen molar-refractivity contribution in [1.29, 1.82) is 0 Å². The molecule has 2 aromatic heterocycles. The number of nitrogens with one attached hydrogen (secondary N) is 1. The number of benzene rings is 1. The van der Waals surface area contributed by atoms with Crippen LogP contribution in [0.3, 0.4) is 0 Å². The quantitative estimate of drug-likeness (QED) is 0.575. The molecule has 0 atom stereocenters. The molecule has 1 aliphatic heterocycles. The Balaban J connectivity index is 1.49. The first kappa shape index (κ1) is 21.6. The van der Waals surface area contributed by atoms with Gasteiger partial charge in [0.1, 0.15) is 16.4 Å². The molecule has 32 heavy (non-hydrogen) atoms. The molecule has 1 saturated heterocycles. The summed E-state index contributed by atoms with van der Waals surface area (Å²) in [7, 11) is 2.95. The van der Waals surface area contributed by atoms with E-state index in [-0.39, 0.29) is 12.0 Å². The highest BCUT2D eigenvalue weighted by Crippen LogP contribution is 2.33. The fourth-order valence-electron chi connectivity index (χ4n) is 3.65. The number of thiophene rings is 1. The molecule has 0 spiro atoms. The summed E-state index contributed by atoms with van der Waals surface area (Å²) in [6.07, 6.45) is 0. The number of anilines is 3. The van der Waals surface area contributed by atoms with E-state index in [0.29, 0.717) is 47.8 Å². The van der Waals surface area contributed by atoms with Crippen molar-refractivity contribution in [2.75, 3.05) is 56.3 Å². The largest absolute Gasteiger partial charge is 0.497 e. The minimum absolute atomic E-state index is 0.136. The Kier molecular flexibility index (Phi) is 5.99. The normalized spacial score (nSPS) is 13.8. The van der Waals surface area contributed by atoms with Crippen LogP contribution < -0.4 is 20.7 Å². The smallest absolute Gasteiger partial charge is 0.348 e. The van der Waals surface area contributed by atoms with Crippen molar-refractivity contribution in [3.8, 4) is 5.75 Å². The van der Waals surface area contributed by atoms with Gasteiger partial charge in [-0.15, -0.1) is 11.3 Å². The number of amides is 2. The highest BCUT2D eigenvalue weighted by Gasteiger charge is 2.27. The molecule has 1 aromatic carbocycles. The van der Waals surface area contributed by atoms with Crippen LogP contribution in [0, 0.1) is 6.92 Å². The third kappa shape index (κ3) is 4.11. The zero-order valence-corrected chi connectivity index (χ0v) is 18.9. The number of aromatic nitrogens is 2. The minimum Gasteiger partial charge on any atom is -0.497 e. The van der Waals surface area contributed by atoms with Gasteiger partial charge in [-0.1, -0.05) is 0 Å². The Morgan fingerprint density at radius 2 is 1.91 bits per heavy atom. The topological polar surface area (TPSA) is 123 Å². The van der Waals surface area contributed by atoms with Crippen LogP contribution in [-0.2, 0) is 4.74 Å². The molecule has 168 valence electrons. The van der Waals surface area contributed by atoms with E-state index >= 15 is 0 Å². The number of fused-ring (bicyclic) bond motifs is 1. The zero-order chi connectivity index (χ0) is 22.8. The molecule has 2 amide bonds. The number of ether oxygens (including phenoxy) is 2. The second-order valence-electron chi connectivity index (χ2n) is 7.31. The Morgan fingerprint density at radius 3 is 2.56 bits per heavy atom. The molecular weight excluding hydrogens is 432 g/mol. The van der Waals surface area contributed by atoms with Crippen LogP contribution in [0.25, 0.3) is 10.9 Å². The highest BCUT2D eigenvalue weighted by atomic mass is 32.1. The van der Waals surface area contributed by atoms with Gasteiger partial charge >= 0.3 is 12.0 Å². The second kappa shape index (κ2) is 8.87. The third-order valence-corrected chi connectivity index (χ3v) is 6.31. The number of carbonyl (C=O) groups is 2. The number of hydrogen-bond acceptors (Lipinski definition) is 9. The number of nitrogens with zero attached hydrogens (tertiary/aromatic N) is 4. The van der Waals surface area contributed by atoms with Crippen LogP contribution in [0.4, 0.5) is 22.2 Å². The molecule has 0 saturated carbocycles. The number of carbonyl (C=O) groups excluding carboxylic acids is 2. The molecule has 0 bridgehead atoms. The first-order valence-corrected chi connectivity index (χ1v) is 10.9. The van der Waals surface area contributed by atoms with Gasteiger partial charge in [0.05, 0.1) is 25.1 Å². The van der Waals surface area contributed by atoms with E-state index in [2.05, 4.69) is 15.3 Å². The number of hydrogen-bond donors (Lipinski definition) is 2. The first-order valence-electron chi connectivity index (χ1n) is 9.99. The lowest BCUT2D eigenvalue weighted by atomic mass is 10.2. The Labute approximate surface area is 188 Å². The predicted octanol–water partition coefficient (Wildman–Crippen LogP) is 2.73. The third-order valence-electron chi connectivity index (χ3n) is 5.36. The van der Waals surface area contributed by atoms with Crippen LogP contribution in [0.2, 0.25) is 0 Å². The van der Waals surface area contributed by atoms with Crippen LogP contribution in [-0.4, -0.2) is 67.3 Å². The first-order chi connectivity index (χ1) is 15.4. The molecule has 10 nitrogen and oxygen atoms in total. The number of esters is 1. The number of nitrogen functional groups attached to an aromatic ring is 1. The average Bonchev–Trinajstić information content (AvgIpc) is 3.23. The summed E-state index contributed by atoms with van der Waals surface area (Å²) < 4.78 is 10.1. The van der Waals surface area contributed by atoms with Gasteiger partial charge in [-0.25, -0.2) is 14.6 Å². The zero-order valence-electron chi connectivity index (χ0n) is 18.0. The Hall–Kier alpha value is -3.60. The number of rotatable bonds is 4. The fraction of sp³-hybridized carbons (Fsp3) is 0.333. The van der Waals surface area contributed by atoms with Crippen molar-refractivity contribution in [1.82, 2.24) is 14.9 Å². The lowest BCUT2D eigenvalue weighted by molar-refractivity contribution is 0.0608. The van der Waals surface area contributed by atoms with Crippen LogP contribution in [0.1, 0.15) is 15.2 Å². The molecule has 1 aliphatic rings. The molecule has 4 rings (SSSR count). The molecule has 0 radical (unpaired) electrons. The van der Waals surface area contributed by atoms with E-state index in [9.17, 15) is 9.59 Å². The number of methoxy groups -OCH3 is 2. The van der Waals surface area contributed by atoms with Crippen molar-refractivity contribution >= 4 is 51.7 Å². The van der Waals surface area contributed by atoms with Gasteiger partial charge in [-0.2, -0.15) is 4.98 Å². The van der Waals surface area contributed by atoms with Crippen molar-refractivity contribution in [3.05, 3.63) is 34.0 Å². The minimum atomic E-state index is -0.438. The van der Waals surface area contributed by atoms with E-state index in [1.807, 2.05) is 30.0 Å². The molecule has 0 unspecified atom stereocenters. The maximum absolute atomic E-state index is 12.8. The molecule has 11 heteroatoms. The number of urea groups is 1. The number of nitrogens with two attached hydrogens (primary N) is 1. The SMILES string of the molecule is COC(=O)c1scc2nc(N)nc(N3CCN(C(=O)Nc4ccc(OC)cc4C)CC3)c12. The number of aryl methyl sites for hydroxylation is 1. The molecule has 1 fully saturated rings. The second-order valence-corrected chi connectivity index (χ2v) is 8.19. The summed E-state index contributed by atoms with van der Waals surface area (Å²) in [5, 5.41) is 5.36. The van der Waals surface area contributed by atoms with Gasteiger partial charge in [0.25, 0.3) is 0 Å². The average molecular weight is 457 g/mol. The van der Waals surface area contributed by atoms with Crippen molar-refractivity contribution in [2.24, 2.45) is 0 Å². The Morgan fingerprint density at radius 1 is 1.16 bits per heavy atom. The summed E-state index contributed by atoms with van der Waals surface area (Å²) in [5.41, 5.74) is 8.17. The lowest BCUT2D eigenvalue weighted by Gasteiger charge is -2.35. The summed E-state index contributed by atoms with van der Waals surface area (Å²) in [5.74, 6) is 1.02. The van der Waals surface area contributed by atoms with E-state index in [0.717, 1.165) is 17.0 Å². The standard InChI is InChI=1S/C21H24N6O4S/c1-12-10-13(30-2)4-5-14(12)24-21(29)27-8-6-26(7-9-27)18-16-15(23-20(22)25-18)11-32-17(16)19(28)31-3/h4-5,10-11H,6-9H2,1-3H3,(H2,22,23)(H,24,29). The maximum atomic E-state index is 12.8. The number of piperazine rings is 1. The molecular formula is C21H24N6O4S. The van der Waals surface area contributed by atoms with Gasteiger partial charge < -0.3 is 30.3 Å². The van der Waals surface area contributed by atoms with E-state index in [1.54, 1.807) is 17.4 Å². The Bertz CT molecular complexity index is 1170. The lowest BCUT2D eigenvalue weighted by Crippen LogP contribution is -2.50. The summed E-state index contributed by atoms with van der Waals surface area (Å²) >= 11 is 1.25. The van der Waals surface area contributed by atoms with E-state index in [4.69, 9.17) is 15.2 Å².